The zero-order chi connectivity index (χ0) is 15.9. The van der Waals surface area contributed by atoms with E-state index in [0.29, 0.717) is 5.69 Å². The van der Waals surface area contributed by atoms with Gasteiger partial charge in [0.25, 0.3) is 0 Å². The van der Waals surface area contributed by atoms with Gasteiger partial charge in [-0.15, -0.1) is 0 Å². The molecule has 0 radical (unpaired) electrons. The van der Waals surface area contributed by atoms with E-state index >= 15 is 0 Å². The normalized spacial score (nSPS) is 10.6. The molecule has 0 spiro atoms. The van der Waals surface area contributed by atoms with Crippen LogP contribution in [0.5, 0.6) is 0 Å². The fraction of sp³-hybridized carbons (Fsp3) is 0.188. The van der Waals surface area contributed by atoms with Crippen molar-refractivity contribution in [1.29, 1.82) is 0 Å². The van der Waals surface area contributed by atoms with Crippen LogP contribution in [0.25, 0.3) is 0 Å². The molecule has 1 N–H and O–H groups in total. The summed E-state index contributed by atoms with van der Waals surface area (Å²) in [6, 6.07) is 14.8. The molecule has 0 aliphatic heterocycles. The van der Waals surface area contributed by atoms with Crippen molar-refractivity contribution in [3.8, 4) is 0 Å². The first kappa shape index (κ1) is 15.5. The minimum Gasteiger partial charge on any atom is -0.450 e. The highest BCUT2D eigenvalue weighted by molar-refractivity contribution is 5.57. The minimum absolute atomic E-state index is 0.0265. The Balaban J connectivity index is 1.99. The van der Waals surface area contributed by atoms with Gasteiger partial charge in [-0.25, -0.2) is 4.79 Å². The van der Waals surface area contributed by atoms with Gasteiger partial charge in [-0.3, -0.25) is 0 Å². The summed E-state index contributed by atoms with van der Waals surface area (Å²) in [6.07, 6.45) is -1.29. The standard InChI is InChI=1S/C16H17N3O3/c1-19(2)15-9-7-14(8-10-15)18-17-13-5-3-12(4-6-13)11-22-16(20)21/h3-10H,11H2,1-2H3,(H,20,21). The van der Waals surface area contributed by atoms with Crippen molar-refractivity contribution in [1.82, 2.24) is 0 Å². The Morgan fingerprint density at radius 3 is 1.95 bits per heavy atom. The zero-order valence-corrected chi connectivity index (χ0v) is 12.4. The third-order valence-corrected chi connectivity index (χ3v) is 2.95. The zero-order valence-electron chi connectivity index (χ0n) is 12.4. The monoisotopic (exact) mass is 299 g/mol. The van der Waals surface area contributed by atoms with Crippen LogP contribution in [0.2, 0.25) is 0 Å². The molecule has 0 fully saturated rings. The number of carbonyl (C=O) groups is 1. The number of carboxylic acid groups (broad SMARTS) is 1. The molecule has 2 rings (SSSR count). The Morgan fingerprint density at radius 2 is 1.50 bits per heavy atom. The van der Waals surface area contributed by atoms with Crippen molar-refractivity contribution in [2.75, 3.05) is 19.0 Å². The first-order chi connectivity index (χ1) is 10.5. The average molecular weight is 299 g/mol. The Morgan fingerprint density at radius 1 is 1.00 bits per heavy atom. The summed E-state index contributed by atoms with van der Waals surface area (Å²) < 4.78 is 4.49. The Kier molecular flexibility index (Phi) is 5.08. The van der Waals surface area contributed by atoms with E-state index in [0.717, 1.165) is 16.9 Å². The van der Waals surface area contributed by atoms with E-state index < -0.39 is 6.16 Å². The maximum atomic E-state index is 10.3. The number of hydrogen-bond donors (Lipinski definition) is 1. The van der Waals surface area contributed by atoms with Crippen LogP contribution in [-0.2, 0) is 11.3 Å². The number of azo groups is 1. The summed E-state index contributed by atoms with van der Waals surface area (Å²) in [6.45, 7) is 0.0265. The molecule has 6 nitrogen and oxygen atoms in total. The summed E-state index contributed by atoms with van der Waals surface area (Å²) in [4.78, 5) is 12.3. The maximum Gasteiger partial charge on any atom is 0.506 e. The molecule has 0 unspecified atom stereocenters. The number of anilines is 1. The van der Waals surface area contributed by atoms with Gasteiger partial charge in [-0.05, 0) is 42.0 Å². The number of nitrogens with zero attached hydrogens (tertiary/aromatic N) is 3. The molecule has 6 heteroatoms. The Labute approximate surface area is 128 Å². The summed E-state index contributed by atoms with van der Waals surface area (Å²) in [5.41, 5.74) is 3.32. The molecule has 0 aliphatic carbocycles. The number of rotatable bonds is 5. The van der Waals surface area contributed by atoms with Crippen LogP contribution in [-0.4, -0.2) is 25.4 Å². The maximum absolute atomic E-state index is 10.3. The van der Waals surface area contributed by atoms with E-state index in [2.05, 4.69) is 15.0 Å². The number of ether oxygens (including phenoxy) is 1. The van der Waals surface area contributed by atoms with E-state index in [1.165, 1.54) is 0 Å². The van der Waals surface area contributed by atoms with E-state index in [9.17, 15) is 4.79 Å². The van der Waals surface area contributed by atoms with Crippen molar-refractivity contribution in [3.63, 3.8) is 0 Å². The molecule has 0 bridgehead atoms. The van der Waals surface area contributed by atoms with Crippen LogP contribution in [0.3, 0.4) is 0 Å². The average Bonchev–Trinajstić information content (AvgIpc) is 2.52. The molecule has 2 aromatic carbocycles. The molecule has 0 saturated carbocycles. The molecular weight excluding hydrogens is 282 g/mol. The van der Waals surface area contributed by atoms with Crippen LogP contribution in [0.4, 0.5) is 21.9 Å². The molecule has 0 amide bonds. The van der Waals surface area contributed by atoms with Gasteiger partial charge in [0.1, 0.15) is 6.61 Å². The van der Waals surface area contributed by atoms with E-state index in [-0.39, 0.29) is 6.61 Å². The summed E-state index contributed by atoms with van der Waals surface area (Å²) in [7, 11) is 3.96. The SMILES string of the molecule is CN(C)c1ccc(N=Nc2ccc(COC(=O)O)cc2)cc1. The highest BCUT2D eigenvalue weighted by Gasteiger charge is 1.99. The number of benzene rings is 2. The molecule has 0 heterocycles. The molecular formula is C16H17N3O3. The van der Waals surface area contributed by atoms with E-state index in [4.69, 9.17) is 5.11 Å². The molecule has 0 saturated heterocycles. The van der Waals surface area contributed by atoms with Gasteiger partial charge in [0.2, 0.25) is 0 Å². The van der Waals surface area contributed by atoms with Crippen molar-refractivity contribution in [2.45, 2.75) is 6.61 Å². The minimum atomic E-state index is -1.29. The lowest BCUT2D eigenvalue weighted by molar-refractivity contribution is 0.0854. The largest absolute Gasteiger partial charge is 0.506 e. The lowest BCUT2D eigenvalue weighted by Gasteiger charge is -2.11. The lowest BCUT2D eigenvalue weighted by Crippen LogP contribution is -2.07. The molecule has 0 aliphatic rings. The van der Waals surface area contributed by atoms with Gasteiger partial charge < -0.3 is 14.7 Å². The second kappa shape index (κ2) is 7.21. The molecule has 2 aromatic rings. The second-order valence-electron chi connectivity index (χ2n) is 4.83. The van der Waals surface area contributed by atoms with Crippen molar-refractivity contribution in [3.05, 3.63) is 54.1 Å². The molecule has 22 heavy (non-hydrogen) atoms. The van der Waals surface area contributed by atoms with Crippen LogP contribution < -0.4 is 4.90 Å². The summed E-state index contributed by atoms with van der Waals surface area (Å²) in [5.74, 6) is 0. The van der Waals surface area contributed by atoms with Crippen molar-refractivity contribution < 1.29 is 14.6 Å². The third-order valence-electron chi connectivity index (χ3n) is 2.95. The Bertz CT molecular complexity index is 649. The number of hydrogen-bond acceptors (Lipinski definition) is 5. The summed E-state index contributed by atoms with van der Waals surface area (Å²) >= 11 is 0. The fourth-order valence-electron chi connectivity index (χ4n) is 1.74. The van der Waals surface area contributed by atoms with Crippen LogP contribution in [0.15, 0.2) is 58.8 Å². The predicted molar refractivity (Wildman–Crippen MR) is 84.2 cm³/mol. The smallest absolute Gasteiger partial charge is 0.450 e. The van der Waals surface area contributed by atoms with Crippen LogP contribution in [0, 0.1) is 0 Å². The first-order valence-corrected chi connectivity index (χ1v) is 6.68. The predicted octanol–water partition coefficient (Wildman–Crippen LogP) is 4.36. The quantitative estimate of drug-likeness (QED) is 0.657. The van der Waals surface area contributed by atoms with Gasteiger partial charge in [-0.2, -0.15) is 10.2 Å². The van der Waals surface area contributed by atoms with Gasteiger partial charge >= 0.3 is 6.16 Å². The van der Waals surface area contributed by atoms with Gasteiger partial charge in [-0.1, -0.05) is 12.1 Å². The van der Waals surface area contributed by atoms with Crippen LogP contribution >= 0.6 is 0 Å². The molecule has 0 aromatic heterocycles. The van der Waals surface area contributed by atoms with Gasteiger partial charge in [0.05, 0.1) is 11.4 Å². The van der Waals surface area contributed by atoms with Crippen LogP contribution in [0.1, 0.15) is 5.56 Å². The second-order valence-corrected chi connectivity index (χ2v) is 4.83. The van der Waals surface area contributed by atoms with Gasteiger partial charge in [0.15, 0.2) is 0 Å². The fourth-order valence-corrected chi connectivity index (χ4v) is 1.74. The van der Waals surface area contributed by atoms with Crippen molar-refractivity contribution in [2.24, 2.45) is 10.2 Å². The van der Waals surface area contributed by atoms with Gasteiger partial charge in [0, 0.05) is 19.8 Å². The van der Waals surface area contributed by atoms with E-state index in [1.807, 2.05) is 43.3 Å². The first-order valence-electron chi connectivity index (χ1n) is 6.68. The lowest BCUT2D eigenvalue weighted by atomic mass is 10.2. The third kappa shape index (κ3) is 4.59. The molecule has 114 valence electrons. The highest BCUT2D eigenvalue weighted by Crippen LogP contribution is 2.21. The highest BCUT2D eigenvalue weighted by atomic mass is 16.7. The topological polar surface area (TPSA) is 74.5 Å². The van der Waals surface area contributed by atoms with E-state index in [1.54, 1.807) is 24.3 Å². The summed E-state index contributed by atoms with van der Waals surface area (Å²) in [5, 5.41) is 16.7. The Hall–Kier alpha value is -2.89. The van der Waals surface area contributed by atoms with Crippen molar-refractivity contribution >= 4 is 23.2 Å². The molecule has 0 atom stereocenters.